The van der Waals surface area contributed by atoms with Gasteiger partial charge in [-0.05, 0) is 109 Å². The molecule has 125 heavy (non-hydrogen) atoms. The lowest BCUT2D eigenvalue weighted by molar-refractivity contribution is -0.0468. The zero-order valence-electron chi connectivity index (χ0n) is 72.4. The molecule has 53 heteroatoms. The first-order chi connectivity index (χ1) is 57.6. The molecule has 9 aromatic heterocycles. The van der Waals surface area contributed by atoms with E-state index in [1.165, 1.54) is 85.1 Å². The number of carbonyl (C=O) groups is 3. The standard InChI is InChI=1S/C28H45N7O8SSi2.C22H42N6O6SSi2.C16H17N7O8S.C6H5NO3/c1-27(2,3)45(7,8)42-20-18(14-40-44(38,39)34-25(37)17-12-11-13-30-24(17)36)41-26(21(20)43-46(9,10)28(4,5)6)35-16-33-19-22(29)31-15-32-23(19)35;1-21(2,3)36(7,8)33-16-14(11-31-35(24,29)30)32-20(17(16)34-37(9,10)22(4,5)6)28-13-27-15-18(23)25-12-26-19(15)28;17-12-9-13(20-5-19-12)23(6-21-9)16-11(25)10(24)8(31-16)4-30-32(28,29)22-15(27)7-2-1-3-18-14(7)26;8-5-4(6(9)10)2-1-3-7-5/h11-13,15-16,18,20-21,26H,14H2,1-10H3,(H,30,36)(H,34,37)(H2,29,31,32);12-14,16-17,20H,11H2,1-10H3,(H2,23,25,26)(H2,24,29,30);1-3,5-6,8,10-11,16,24-25H,4H2,(H,18,26)(H,22,27)(H2,17,19,20);1-3H,(H,7,8)(H,9,10)/t18-,20+,21?,26-;14-,16+,17?,20-;8-,10+,11?,16-;/m111./s1. The predicted octanol–water partition coefficient (Wildman–Crippen LogP) is 4.25. The van der Waals surface area contributed by atoms with Crippen LogP contribution in [-0.2, 0) is 75.4 Å². The fourth-order valence-electron chi connectivity index (χ4n) is 11.7. The Balaban J connectivity index is 0.000000203. The highest BCUT2D eigenvalue weighted by molar-refractivity contribution is 7.85. The van der Waals surface area contributed by atoms with Crippen LogP contribution in [-0.4, -0.2) is 240 Å². The van der Waals surface area contributed by atoms with Crippen LogP contribution in [0.15, 0.2) is 107 Å². The Morgan fingerprint density at radius 2 is 0.728 bits per heavy atom. The number of ether oxygens (including phenoxy) is 3. The van der Waals surface area contributed by atoms with Gasteiger partial charge in [0.25, 0.3) is 28.5 Å². The van der Waals surface area contributed by atoms with Gasteiger partial charge in [0.2, 0.25) is 0 Å². The number of carbonyl (C=O) groups excluding carboxylic acids is 2. The molecular formula is C72H109N21O25S3Si4. The molecule has 9 aromatic rings. The number of carboxylic acids is 1. The molecule has 3 aliphatic heterocycles. The van der Waals surface area contributed by atoms with Crippen LogP contribution in [0.25, 0.3) is 33.5 Å². The van der Waals surface area contributed by atoms with Gasteiger partial charge in [-0.25, -0.2) is 64.2 Å². The fourth-order valence-corrected chi connectivity index (χ4v) is 18.6. The van der Waals surface area contributed by atoms with E-state index >= 15 is 0 Å². The van der Waals surface area contributed by atoms with E-state index in [1.54, 1.807) is 24.9 Å². The van der Waals surface area contributed by atoms with Gasteiger partial charge in [0, 0.05) is 18.6 Å². The highest BCUT2D eigenvalue weighted by atomic mass is 32.2. The van der Waals surface area contributed by atoms with Crippen molar-refractivity contribution >= 4 is 133 Å². The molecule has 0 aromatic carbocycles. The summed E-state index contributed by atoms with van der Waals surface area (Å²) in [5.74, 6) is -3.02. The van der Waals surface area contributed by atoms with Crippen LogP contribution in [0.5, 0.6) is 0 Å². The van der Waals surface area contributed by atoms with E-state index in [2.05, 4.69) is 195 Å². The minimum Gasteiger partial charge on any atom is -0.477 e. The SMILES string of the molecule is CC(C)(C)[Si](C)(C)OC1[C@@H](O[Si](C)(C)C(C)(C)C)[C@@H](COS(=O)(=O)NC(=O)c2ccc[nH]c2=O)O[C@H]1n1cnc2c(N)ncnc21.CC(C)(C)[Si](C)(C)OC1[C@@H](O[Si](C)(C)C(C)(C)C)[C@@H](COS(N)(=O)=O)O[C@H]1n1cnc2c(N)ncnc21.Nc1ncnc2c1ncn2[C@@H]1O[C@H](COS(=O)(=O)NC(=O)c2ccc[nH]c2=O)[C@H](O)C1O.O=C(O)c1ccc[nH]c1=O. The van der Waals surface area contributed by atoms with Crippen LogP contribution in [0.4, 0.5) is 17.5 Å². The van der Waals surface area contributed by atoms with Gasteiger partial charge in [-0.15, -0.1) is 0 Å². The van der Waals surface area contributed by atoms with E-state index in [1.807, 2.05) is 0 Å². The summed E-state index contributed by atoms with van der Waals surface area (Å²) < 4.78 is 143. The predicted molar refractivity (Wildman–Crippen MR) is 463 cm³/mol. The fraction of sp³-hybridized carbons (Fsp3) is 0.542. The third-order valence-electron chi connectivity index (χ3n) is 22.6. The van der Waals surface area contributed by atoms with Crippen molar-refractivity contribution in [1.29, 1.82) is 0 Å². The van der Waals surface area contributed by atoms with Crippen LogP contribution in [0.2, 0.25) is 72.5 Å². The molecule has 12 heterocycles. The Hall–Kier alpha value is -9.49. The lowest BCUT2D eigenvalue weighted by Gasteiger charge is -2.44. The Morgan fingerprint density at radius 3 is 1.02 bits per heavy atom. The number of hydrogen-bond acceptors (Lipinski definition) is 36. The third kappa shape index (κ3) is 23.5. The molecule has 3 saturated heterocycles. The highest BCUT2D eigenvalue weighted by Crippen LogP contribution is 2.49. The van der Waals surface area contributed by atoms with Gasteiger partial charge in [0.15, 0.2) is 86.3 Å². The Bertz CT molecular complexity index is 5930. The molecule has 3 unspecified atom stereocenters. The van der Waals surface area contributed by atoms with Crippen molar-refractivity contribution in [2.45, 2.75) is 229 Å². The number of aromatic carboxylic acids is 1. The molecule has 16 N–H and O–H groups in total. The lowest BCUT2D eigenvalue weighted by atomic mass is 10.1. The van der Waals surface area contributed by atoms with E-state index in [0.29, 0.717) is 22.3 Å². The van der Waals surface area contributed by atoms with Gasteiger partial charge < -0.3 is 79.4 Å². The molecule has 2 amide bonds. The average Bonchev–Trinajstić information content (AvgIpc) is 1.58. The van der Waals surface area contributed by atoms with Crippen LogP contribution in [0.1, 0.15) is 133 Å². The zero-order valence-corrected chi connectivity index (χ0v) is 78.9. The molecular weight excluding hydrogens is 1770 g/mol. The number of imidazole rings is 3. The van der Waals surface area contributed by atoms with Crippen molar-refractivity contribution in [2.75, 3.05) is 37.0 Å². The first-order valence-corrected chi connectivity index (χ1v) is 54.7. The molecule has 0 radical (unpaired) electrons. The van der Waals surface area contributed by atoms with Crippen LogP contribution in [0, 0.1) is 0 Å². The van der Waals surface area contributed by atoms with Crippen molar-refractivity contribution in [3.8, 4) is 0 Å². The lowest BCUT2D eigenvalue weighted by Crippen LogP contribution is -2.54. The number of aromatic amines is 3. The summed E-state index contributed by atoms with van der Waals surface area (Å²) in [5, 5.41) is 33.5. The largest absolute Gasteiger partial charge is 0.477 e. The number of rotatable bonds is 25. The van der Waals surface area contributed by atoms with Gasteiger partial charge in [-0.1, -0.05) is 83.1 Å². The maximum Gasteiger partial charge on any atom is 0.362 e. The van der Waals surface area contributed by atoms with Crippen molar-refractivity contribution in [1.82, 2.24) is 83.0 Å². The first kappa shape index (κ1) is 99.3. The van der Waals surface area contributed by atoms with Crippen LogP contribution in [0.3, 0.4) is 0 Å². The Labute approximate surface area is 723 Å². The van der Waals surface area contributed by atoms with Crippen molar-refractivity contribution < 1.29 is 99.4 Å². The van der Waals surface area contributed by atoms with Crippen molar-refractivity contribution in [3.05, 3.63) is 141 Å². The molecule has 3 aliphatic rings. The molecule has 0 aliphatic carbocycles. The second-order valence-electron chi connectivity index (χ2n) is 35.5. The van der Waals surface area contributed by atoms with Gasteiger partial charge in [-0.2, -0.15) is 25.3 Å². The number of nitrogens with one attached hydrogen (secondary N) is 5. The number of aliphatic hydroxyl groups excluding tert-OH is 2. The quantitative estimate of drug-likeness (QED) is 0.0356. The van der Waals surface area contributed by atoms with E-state index < -0.39 is 191 Å². The van der Waals surface area contributed by atoms with Crippen molar-refractivity contribution in [3.63, 3.8) is 0 Å². The molecule has 12 rings (SSSR count). The first-order valence-electron chi connectivity index (χ1n) is 38.8. The average molecular weight is 1880 g/mol. The molecule has 12 atom stereocenters. The molecule has 686 valence electrons. The number of aliphatic hydroxyl groups is 2. The smallest absolute Gasteiger partial charge is 0.362 e. The molecule has 3 fully saturated rings. The second-order valence-corrected chi connectivity index (χ2v) is 58.4. The van der Waals surface area contributed by atoms with Crippen LogP contribution < -0.4 is 48.5 Å². The number of anilines is 3. The molecule has 0 spiro atoms. The summed E-state index contributed by atoms with van der Waals surface area (Å²) in [6, 6.07) is 7.78. The minimum absolute atomic E-state index is 0.0979. The number of aromatic nitrogens is 15. The summed E-state index contributed by atoms with van der Waals surface area (Å²) in [6.45, 7) is 40.8. The molecule has 46 nitrogen and oxygen atoms in total. The van der Waals surface area contributed by atoms with E-state index in [0.717, 1.165) is 6.07 Å². The normalized spacial score (nSPS) is 21.8. The third-order valence-corrected chi connectivity index (χ3v) is 42.7. The molecule has 0 saturated carbocycles. The number of fused-ring (bicyclic) bond motifs is 3. The number of nitrogen functional groups attached to an aromatic ring is 3. The summed E-state index contributed by atoms with van der Waals surface area (Å²) in [7, 11) is -23.3. The number of carboxylic acid groups (broad SMARTS) is 1. The summed E-state index contributed by atoms with van der Waals surface area (Å²) in [5.41, 5.74) is 16.8. The summed E-state index contributed by atoms with van der Waals surface area (Å²) in [6.07, 6.45) is 0.575. The minimum atomic E-state index is -4.68. The number of nitrogens with two attached hydrogens (primary N) is 4. The van der Waals surface area contributed by atoms with Crippen LogP contribution >= 0.6 is 0 Å². The number of pyridine rings is 3. The monoisotopic (exact) mass is 1880 g/mol. The highest BCUT2D eigenvalue weighted by Gasteiger charge is 2.58. The van der Waals surface area contributed by atoms with E-state index in [9.17, 15) is 64.2 Å². The number of hydrogen-bond donors (Lipinski definition) is 12. The number of nitrogens with zero attached hydrogens (tertiary/aromatic N) is 12. The summed E-state index contributed by atoms with van der Waals surface area (Å²) >= 11 is 0. The maximum atomic E-state index is 13.0. The van der Waals surface area contributed by atoms with Gasteiger partial charge >= 0.3 is 36.9 Å². The Kier molecular flexibility index (Phi) is 30.0. The van der Waals surface area contributed by atoms with Crippen molar-refractivity contribution in [2.24, 2.45) is 5.14 Å². The van der Waals surface area contributed by atoms with Gasteiger partial charge in [-0.3, -0.25) is 50.2 Å². The topological polar surface area (TPSA) is 664 Å². The number of amides is 2. The zero-order chi connectivity index (χ0) is 93.3. The summed E-state index contributed by atoms with van der Waals surface area (Å²) in [4.78, 5) is 113. The van der Waals surface area contributed by atoms with Gasteiger partial charge in [0.05, 0.1) is 38.8 Å². The number of H-pyrrole nitrogens is 3. The van der Waals surface area contributed by atoms with E-state index in [4.69, 9.17) is 71.9 Å². The maximum absolute atomic E-state index is 13.0. The second kappa shape index (κ2) is 37.8. The van der Waals surface area contributed by atoms with Gasteiger partial charge in [0.1, 0.15) is 107 Å². The Morgan fingerprint density at radius 1 is 0.440 bits per heavy atom. The van der Waals surface area contributed by atoms with E-state index in [-0.39, 0.29) is 66.5 Å². The molecule has 0 bridgehead atoms.